The Labute approximate surface area is 79.3 Å². The molecule has 1 aliphatic heterocycles. The minimum Gasteiger partial charge on any atom is -0.388 e. The van der Waals surface area contributed by atoms with Crippen LogP contribution < -0.4 is 0 Å². The van der Waals surface area contributed by atoms with Crippen LogP contribution in [-0.4, -0.2) is 51.1 Å². The van der Waals surface area contributed by atoms with Gasteiger partial charge in [-0.05, 0) is 6.92 Å². The zero-order valence-electron chi connectivity index (χ0n) is 6.77. The second kappa shape index (κ2) is 3.72. The first-order valence-electron chi connectivity index (χ1n) is 3.81. The molecule has 5 heteroatoms. The highest BCUT2D eigenvalue weighted by Crippen LogP contribution is 2.13. The summed E-state index contributed by atoms with van der Waals surface area (Å²) in [6.45, 7) is 2.19. The predicted molar refractivity (Wildman–Crippen MR) is 47.0 cm³/mol. The van der Waals surface area contributed by atoms with Crippen molar-refractivity contribution < 1.29 is 15.0 Å². The van der Waals surface area contributed by atoms with E-state index in [0.717, 1.165) is 0 Å². The van der Waals surface area contributed by atoms with Gasteiger partial charge in [0.1, 0.15) is 0 Å². The molecule has 0 bridgehead atoms. The summed E-state index contributed by atoms with van der Waals surface area (Å²) in [5.41, 5.74) is 0. The normalized spacial score (nSPS) is 32.2. The number of likely N-dealkylation sites (tertiary alicyclic amines) is 1. The third-order valence-electron chi connectivity index (χ3n) is 1.91. The van der Waals surface area contributed by atoms with Crippen molar-refractivity contribution in [3.63, 3.8) is 0 Å². The summed E-state index contributed by atoms with van der Waals surface area (Å²) in [5.74, 6) is -0.0920. The highest BCUT2D eigenvalue weighted by atomic mass is 79.9. The number of carbonyl (C=O) groups excluding carboxylic acids is 1. The second-order valence-electron chi connectivity index (χ2n) is 2.99. The maximum Gasteiger partial charge on any atom is 0.236 e. The van der Waals surface area contributed by atoms with Gasteiger partial charge in [0.25, 0.3) is 0 Å². The average Bonchev–Trinajstić information content (AvgIpc) is 2.30. The molecule has 1 aliphatic rings. The molecule has 0 spiro atoms. The molecule has 3 atom stereocenters. The van der Waals surface area contributed by atoms with Crippen molar-refractivity contribution in [2.75, 3.05) is 13.1 Å². The van der Waals surface area contributed by atoms with E-state index in [1.165, 1.54) is 4.90 Å². The summed E-state index contributed by atoms with van der Waals surface area (Å²) < 4.78 is 0. The number of hydrogen-bond acceptors (Lipinski definition) is 3. The Bertz CT molecular complexity index is 175. The lowest BCUT2D eigenvalue weighted by Gasteiger charge is -2.16. The molecule has 12 heavy (non-hydrogen) atoms. The van der Waals surface area contributed by atoms with Gasteiger partial charge in [0, 0.05) is 13.1 Å². The third-order valence-corrected chi connectivity index (χ3v) is 2.30. The molecule has 1 rings (SSSR count). The largest absolute Gasteiger partial charge is 0.388 e. The van der Waals surface area contributed by atoms with Gasteiger partial charge in [-0.3, -0.25) is 4.79 Å². The number of halogens is 1. The summed E-state index contributed by atoms with van der Waals surface area (Å²) in [6, 6.07) is 0. The maximum atomic E-state index is 11.3. The van der Waals surface area contributed by atoms with E-state index in [0.29, 0.717) is 0 Å². The Kier molecular flexibility index (Phi) is 3.09. The molecule has 70 valence electrons. The van der Waals surface area contributed by atoms with Crippen LogP contribution in [0.2, 0.25) is 0 Å². The van der Waals surface area contributed by atoms with E-state index in [1.807, 2.05) is 0 Å². The topological polar surface area (TPSA) is 60.8 Å². The van der Waals surface area contributed by atoms with Crippen molar-refractivity contribution in [1.82, 2.24) is 4.90 Å². The number of hydrogen-bond donors (Lipinski definition) is 2. The van der Waals surface area contributed by atoms with Crippen LogP contribution in [0.1, 0.15) is 6.92 Å². The lowest BCUT2D eigenvalue weighted by Crippen LogP contribution is -2.34. The first-order valence-corrected chi connectivity index (χ1v) is 4.73. The van der Waals surface area contributed by atoms with Crippen molar-refractivity contribution >= 4 is 21.8 Å². The number of carbonyl (C=O) groups is 1. The van der Waals surface area contributed by atoms with Crippen LogP contribution in [0.3, 0.4) is 0 Å². The lowest BCUT2D eigenvalue weighted by molar-refractivity contribution is -0.129. The van der Waals surface area contributed by atoms with Crippen molar-refractivity contribution in [3.8, 4) is 0 Å². The van der Waals surface area contributed by atoms with Gasteiger partial charge in [-0.2, -0.15) is 0 Å². The van der Waals surface area contributed by atoms with Crippen LogP contribution in [0.5, 0.6) is 0 Å². The molecule has 0 saturated carbocycles. The van der Waals surface area contributed by atoms with Crippen LogP contribution in [0.15, 0.2) is 0 Å². The Hall–Kier alpha value is -0.130. The van der Waals surface area contributed by atoms with Gasteiger partial charge in [-0.15, -0.1) is 0 Å². The number of aliphatic hydroxyl groups excluding tert-OH is 2. The smallest absolute Gasteiger partial charge is 0.236 e. The van der Waals surface area contributed by atoms with Gasteiger partial charge in [0.2, 0.25) is 5.91 Å². The highest BCUT2D eigenvalue weighted by molar-refractivity contribution is 9.10. The molecule has 1 amide bonds. The Morgan fingerprint density at radius 2 is 1.92 bits per heavy atom. The Balaban J connectivity index is 2.52. The van der Waals surface area contributed by atoms with E-state index in [4.69, 9.17) is 10.2 Å². The zero-order valence-corrected chi connectivity index (χ0v) is 8.36. The molecular formula is C7H12BrNO3. The molecule has 1 fully saturated rings. The molecule has 1 heterocycles. The first-order chi connectivity index (χ1) is 5.52. The van der Waals surface area contributed by atoms with Gasteiger partial charge in [-0.1, -0.05) is 15.9 Å². The van der Waals surface area contributed by atoms with Crippen LogP contribution in [-0.2, 0) is 4.79 Å². The van der Waals surface area contributed by atoms with Crippen LogP contribution in [0.25, 0.3) is 0 Å². The van der Waals surface area contributed by atoms with Crippen molar-refractivity contribution in [2.24, 2.45) is 0 Å². The minimum absolute atomic E-state index is 0.0920. The van der Waals surface area contributed by atoms with Gasteiger partial charge in [0.15, 0.2) is 0 Å². The summed E-state index contributed by atoms with van der Waals surface area (Å²) in [7, 11) is 0. The number of rotatable bonds is 1. The van der Waals surface area contributed by atoms with E-state index in [-0.39, 0.29) is 23.8 Å². The highest BCUT2D eigenvalue weighted by Gasteiger charge is 2.33. The van der Waals surface area contributed by atoms with Gasteiger partial charge in [0.05, 0.1) is 17.0 Å². The van der Waals surface area contributed by atoms with Gasteiger partial charge >= 0.3 is 0 Å². The van der Waals surface area contributed by atoms with Crippen molar-refractivity contribution in [3.05, 3.63) is 0 Å². The molecule has 1 saturated heterocycles. The van der Waals surface area contributed by atoms with Crippen LogP contribution in [0.4, 0.5) is 0 Å². The Morgan fingerprint density at radius 1 is 1.50 bits per heavy atom. The number of alkyl halides is 1. The molecule has 4 nitrogen and oxygen atoms in total. The van der Waals surface area contributed by atoms with Crippen LogP contribution >= 0.6 is 15.9 Å². The van der Waals surface area contributed by atoms with E-state index in [1.54, 1.807) is 6.92 Å². The number of nitrogens with zero attached hydrogens (tertiary/aromatic N) is 1. The number of aliphatic hydroxyl groups is 2. The fraction of sp³-hybridized carbons (Fsp3) is 0.857. The van der Waals surface area contributed by atoms with E-state index >= 15 is 0 Å². The van der Waals surface area contributed by atoms with E-state index < -0.39 is 12.2 Å². The molecule has 0 aromatic heterocycles. The number of β-amino-alcohol motifs (C(OH)–C–C–N with tert-alkyl or cyclic N) is 2. The lowest BCUT2D eigenvalue weighted by atomic mass is 10.3. The summed E-state index contributed by atoms with van der Waals surface area (Å²) in [5, 5.41) is 18.3. The molecule has 0 aromatic rings. The summed E-state index contributed by atoms with van der Waals surface area (Å²) in [6.07, 6.45) is -1.58. The van der Waals surface area contributed by atoms with Crippen LogP contribution in [0, 0.1) is 0 Å². The quantitative estimate of drug-likeness (QED) is 0.596. The van der Waals surface area contributed by atoms with Gasteiger partial charge in [-0.25, -0.2) is 0 Å². The summed E-state index contributed by atoms with van der Waals surface area (Å²) >= 11 is 3.14. The molecular weight excluding hydrogens is 226 g/mol. The molecule has 3 unspecified atom stereocenters. The van der Waals surface area contributed by atoms with E-state index in [9.17, 15) is 4.79 Å². The number of amides is 1. The standard InChI is InChI=1S/C7H12BrNO3/c1-4(8)7(12)9-2-5(10)6(11)3-9/h4-6,10-11H,2-3H2,1H3. The monoisotopic (exact) mass is 237 g/mol. The average molecular weight is 238 g/mol. The molecule has 0 aromatic carbocycles. The zero-order chi connectivity index (χ0) is 9.30. The summed E-state index contributed by atoms with van der Waals surface area (Å²) in [4.78, 5) is 12.5. The van der Waals surface area contributed by atoms with Crippen molar-refractivity contribution in [2.45, 2.75) is 24.0 Å². The molecule has 0 aliphatic carbocycles. The van der Waals surface area contributed by atoms with E-state index in [2.05, 4.69) is 15.9 Å². The maximum absolute atomic E-state index is 11.3. The Morgan fingerprint density at radius 3 is 2.25 bits per heavy atom. The van der Waals surface area contributed by atoms with Crippen molar-refractivity contribution in [1.29, 1.82) is 0 Å². The SMILES string of the molecule is CC(Br)C(=O)N1CC(O)C(O)C1. The molecule has 0 radical (unpaired) electrons. The predicted octanol–water partition coefficient (Wildman–Crippen LogP) is -0.666. The fourth-order valence-electron chi connectivity index (χ4n) is 1.20. The first kappa shape index (κ1) is 9.95. The second-order valence-corrected chi connectivity index (χ2v) is 4.37. The fourth-order valence-corrected chi connectivity index (χ4v) is 1.49. The third kappa shape index (κ3) is 1.97. The van der Waals surface area contributed by atoms with Gasteiger partial charge < -0.3 is 15.1 Å². The minimum atomic E-state index is -0.791. The molecule has 2 N–H and O–H groups in total.